The Morgan fingerprint density at radius 2 is 0.973 bits per heavy atom. The average molecular weight is 477 g/mol. The molecule has 0 saturated heterocycles. The number of rotatable bonds is 2. The fourth-order valence-corrected chi connectivity index (χ4v) is 9.29. The van der Waals surface area contributed by atoms with Crippen LogP contribution in [0.4, 0.5) is 0 Å². The molecule has 37 heavy (non-hydrogen) atoms. The van der Waals surface area contributed by atoms with Gasteiger partial charge in [0.05, 0.1) is 0 Å². The van der Waals surface area contributed by atoms with Gasteiger partial charge < -0.3 is 0 Å². The van der Waals surface area contributed by atoms with E-state index in [0.29, 0.717) is 35.5 Å². The molecular weight excluding hydrogens is 444 g/mol. The summed E-state index contributed by atoms with van der Waals surface area (Å²) in [6.07, 6.45) is 8.89. The fourth-order valence-electron chi connectivity index (χ4n) is 9.29. The molecule has 9 rings (SSSR count). The van der Waals surface area contributed by atoms with Crippen molar-refractivity contribution >= 4 is 21.9 Å². The molecule has 0 aromatic heterocycles. The smallest absolute Gasteiger partial charge is 0.0136 e. The molecule has 6 atom stereocenters. The molecule has 0 unspecified atom stereocenters. The summed E-state index contributed by atoms with van der Waals surface area (Å²) in [5.74, 6) is 3.63. The first-order valence-corrected chi connectivity index (χ1v) is 14.3. The molecule has 1 fully saturated rings. The minimum atomic E-state index is 0.466. The van der Waals surface area contributed by atoms with Crippen molar-refractivity contribution in [1.29, 1.82) is 0 Å². The van der Waals surface area contributed by atoms with Crippen molar-refractivity contribution in [1.82, 2.24) is 0 Å². The van der Waals surface area contributed by atoms with Crippen LogP contribution in [-0.4, -0.2) is 0 Å². The summed E-state index contributed by atoms with van der Waals surface area (Å²) in [6.45, 7) is 4.44. The second-order valence-electron chi connectivity index (χ2n) is 12.5. The van der Waals surface area contributed by atoms with Crippen LogP contribution in [0.1, 0.15) is 62.8 Å². The fraction of sp³-hybridized carbons (Fsp3) is 0.297. The summed E-state index contributed by atoms with van der Waals surface area (Å²) < 4.78 is 0. The van der Waals surface area contributed by atoms with Crippen LogP contribution in [0, 0.1) is 37.5 Å². The Balaban J connectivity index is 1.39. The minimum Gasteiger partial charge on any atom is -0.0848 e. The molecule has 0 radical (unpaired) electrons. The van der Waals surface area contributed by atoms with Gasteiger partial charge >= 0.3 is 0 Å². The maximum atomic E-state index is 2.58. The van der Waals surface area contributed by atoms with Crippen molar-refractivity contribution in [2.24, 2.45) is 23.7 Å². The predicted octanol–water partition coefficient (Wildman–Crippen LogP) is 8.80. The lowest BCUT2D eigenvalue weighted by Gasteiger charge is -2.46. The van der Waals surface area contributed by atoms with E-state index in [2.05, 4.69) is 98.8 Å². The molecule has 2 bridgehead atoms. The molecule has 5 aliphatic carbocycles. The summed E-state index contributed by atoms with van der Waals surface area (Å²) in [5.41, 5.74) is 15.3. The zero-order chi connectivity index (χ0) is 24.4. The van der Waals surface area contributed by atoms with Crippen molar-refractivity contribution < 1.29 is 0 Å². The maximum Gasteiger partial charge on any atom is 0.0136 e. The third kappa shape index (κ3) is 2.59. The quantitative estimate of drug-likeness (QED) is 0.254. The molecule has 5 aliphatic rings. The molecule has 0 heterocycles. The lowest BCUT2D eigenvalue weighted by atomic mass is 9.57. The molecule has 0 N–H and O–H groups in total. The van der Waals surface area contributed by atoms with E-state index in [1.54, 1.807) is 44.2 Å². The Labute approximate surface area is 219 Å². The highest BCUT2D eigenvalue weighted by Gasteiger charge is 2.57. The first-order chi connectivity index (χ1) is 18.2. The first-order valence-electron chi connectivity index (χ1n) is 14.3. The van der Waals surface area contributed by atoms with Crippen molar-refractivity contribution in [2.75, 3.05) is 0 Å². The highest BCUT2D eigenvalue weighted by atomic mass is 14.6. The van der Waals surface area contributed by atoms with Crippen molar-refractivity contribution in [3.8, 4) is 0 Å². The van der Waals surface area contributed by atoms with Gasteiger partial charge in [0.1, 0.15) is 0 Å². The molecule has 4 aromatic rings. The standard InChI is InChI=1S/C37H32/c1-20-3-7-24(8-4-20)31-33-26-13-14-27(19-26)34(33)32(25-9-5-21(2)6-10-25)37-29-18-16-23-12-11-22-15-17-28(36(31)37)35(29)30(22)23/h3-10,13-18,26-27,31-34H,11-12,19H2,1-2H3/t26-,27+,31-,32+,33-,34+. The molecule has 0 amide bonds. The molecule has 0 spiro atoms. The highest BCUT2D eigenvalue weighted by Crippen LogP contribution is 2.69. The van der Waals surface area contributed by atoms with Crippen LogP contribution in [0.15, 0.2) is 84.9 Å². The Bertz CT molecular complexity index is 1560. The second-order valence-corrected chi connectivity index (χ2v) is 12.5. The number of fused-ring (bicyclic) bond motifs is 7. The molecule has 0 heteroatoms. The summed E-state index contributed by atoms with van der Waals surface area (Å²) in [6, 6.07) is 29.1. The SMILES string of the molecule is Cc1ccc([C@H]2C3=C(c4ccc5c6c(ccc3c46)CC5)[C@@H](c3ccc(C)cc3)[C@H]3[C@@H]2[C@@H]2C=C[C@H]3C2)cc1. The van der Waals surface area contributed by atoms with Gasteiger partial charge in [0, 0.05) is 11.8 Å². The predicted molar refractivity (Wildman–Crippen MR) is 154 cm³/mol. The van der Waals surface area contributed by atoms with Crippen LogP contribution in [-0.2, 0) is 12.8 Å². The van der Waals surface area contributed by atoms with E-state index in [1.165, 1.54) is 41.5 Å². The Hall–Kier alpha value is -3.38. The summed E-state index contributed by atoms with van der Waals surface area (Å²) in [7, 11) is 0. The summed E-state index contributed by atoms with van der Waals surface area (Å²) >= 11 is 0. The Kier molecular flexibility index (Phi) is 3.98. The van der Waals surface area contributed by atoms with E-state index in [4.69, 9.17) is 0 Å². The van der Waals surface area contributed by atoms with Gasteiger partial charge in [0.2, 0.25) is 0 Å². The number of hydrogen-bond donors (Lipinski definition) is 0. The molecular formula is C37H32. The van der Waals surface area contributed by atoms with Gasteiger partial charge in [-0.05, 0) is 112 Å². The van der Waals surface area contributed by atoms with Crippen LogP contribution in [0.5, 0.6) is 0 Å². The highest BCUT2D eigenvalue weighted by molar-refractivity contribution is 6.18. The maximum absolute atomic E-state index is 2.58. The van der Waals surface area contributed by atoms with E-state index >= 15 is 0 Å². The third-order valence-electron chi connectivity index (χ3n) is 10.7. The average Bonchev–Trinajstić information content (AvgIpc) is 3.70. The zero-order valence-corrected chi connectivity index (χ0v) is 21.7. The van der Waals surface area contributed by atoms with E-state index in [-0.39, 0.29) is 0 Å². The van der Waals surface area contributed by atoms with Gasteiger partial charge in [-0.25, -0.2) is 0 Å². The molecule has 4 aromatic carbocycles. The largest absolute Gasteiger partial charge is 0.0848 e. The second kappa shape index (κ2) is 7.13. The van der Waals surface area contributed by atoms with Gasteiger partial charge in [0.25, 0.3) is 0 Å². The van der Waals surface area contributed by atoms with Gasteiger partial charge in [0.15, 0.2) is 0 Å². The lowest BCUT2D eigenvalue weighted by molar-refractivity contribution is 0.260. The van der Waals surface area contributed by atoms with E-state index < -0.39 is 0 Å². The normalized spacial score (nSPS) is 29.9. The van der Waals surface area contributed by atoms with Gasteiger partial charge in [-0.1, -0.05) is 96.1 Å². The third-order valence-corrected chi connectivity index (χ3v) is 10.7. The zero-order valence-electron chi connectivity index (χ0n) is 21.7. The van der Waals surface area contributed by atoms with E-state index in [9.17, 15) is 0 Å². The molecule has 180 valence electrons. The van der Waals surface area contributed by atoms with E-state index in [1.807, 2.05) is 0 Å². The van der Waals surface area contributed by atoms with Crippen LogP contribution < -0.4 is 0 Å². The number of aryl methyl sites for hydroxylation is 4. The van der Waals surface area contributed by atoms with Crippen LogP contribution in [0.3, 0.4) is 0 Å². The minimum absolute atomic E-state index is 0.466. The van der Waals surface area contributed by atoms with Crippen molar-refractivity contribution in [2.45, 2.75) is 44.9 Å². The van der Waals surface area contributed by atoms with E-state index in [0.717, 1.165) is 0 Å². The molecule has 1 saturated carbocycles. The Morgan fingerprint density at radius 3 is 1.43 bits per heavy atom. The van der Waals surface area contributed by atoms with Crippen molar-refractivity contribution in [3.05, 3.63) is 129 Å². The van der Waals surface area contributed by atoms with Gasteiger partial charge in [-0.2, -0.15) is 0 Å². The van der Waals surface area contributed by atoms with Crippen LogP contribution in [0.25, 0.3) is 21.9 Å². The van der Waals surface area contributed by atoms with Crippen LogP contribution in [0.2, 0.25) is 0 Å². The Morgan fingerprint density at radius 1 is 0.514 bits per heavy atom. The number of allylic oxidation sites excluding steroid dienone is 4. The number of hydrogen-bond acceptors (Lipinski definition) is 0. The topological polar surface area (TPSA) is 0 Å². The van der Waals surface area contributed by atoms with Crippen molar-refractivity contribution in [3.63, 3.8) is 0 Å². The summed E-state index contributed by atoms with van der Waals surface area (Å²) in [5, 5.41) is 3.16. The first kappa shape index (κ1) is 20.7. The molecule has 0 aliphatic heterocycles. The lowest BCUT2D eigenvalue weighted by Crippen LogP contribution is -2.35. The van der Waals surface area contributed by atoms with Gasteiger partial charge in [-0.15, -0.1) is 0 Å². The summed E-state index contributed by atoms with van der Waals surface area (Å²) in [4.78, 5) is 0. The van der Waals surface area contributed by atoms with Crippen LogP contribution >= 0.6 is 0 Å². The van der Waals surface area contributed by atoms with Gasteiger partial charge in [-0.3, -0.25) is 0 Å². The number of benzene rings is 4. The molecule has 0 nitrogen and oxygen atoms in total. The monoisotopic (exact) mass is 476 g/mol.